The number of imide groups is 1. The summed E-state index contributed by atoms with van der Waals surface area (Å²) in [6, 6.07) is -0.269. The van der Waals surface area contributed by atoms with Crippen LogP contribution in [0, 0.1) is 5.92 Å². The number of urea groups is 1. The van der Waals surface area contributed by atoms with E-state index in [9.17, 15) is 14.4 Å². The summed E-state index contributed by atoms with van der Waals surface area (Å²) < 4.78 is 0. The lowest BCUT2D eigenvalue weighted by atomic mass is 9.82. The summed E-state index contributed by atoms with van der Waals surface area (Å²) in [6.07, 6.45) is 3.08. The first-order valence-electron chi connectivity index (χ1n) is 6.29. The van der Waals surface area contributed by atoms with Gasteiger partial charge in [0.2, 0.25) is 5.91 Å². The molecule has 0 heterocycles. The molecule has 1 fully saturated rings. The predicted molar refractivity (Wildman–Crippen MR) is 65.0 cm³/mol. The molecule has 0 aromatic carbocycles. The lowest BCUT2D eigenvalue weighted by Crippen LogP contribution is -2.49. The molecule has 0 bridgehead atoms. The standard InChI is InChI=1S/C12H20N2O4/c1-8-6-9(7-8)13-12(18)14-10(15)4-2-3-5-11(16)17/h8-9H,2-7H2,1H3,(H,16,17)(H2,13,14,15,18). The maximum absolute atomic E-state index is 11.4. The van der Waals surface area contributed by atoms with E-state index in [0.29, 0.717) is 18.8 Å². The fourth-order valence-electron chi connectivity index (χ4n) is 1.99. The quantitative estimate of drug-likeness (QED) is 0.623. The largest absolute Gasteiger partial charge is 0.481 e. The molecular formula is C12H20N2O4. The number of aliphatic carboxylic acids is 1. The van der Waals surface area contributed by atoms with Gasteiger partial charge in [-0.3, -0.25) is 14.9 Å². The maximum Gasteiger partial charge on any atom is 0.321 e. The minimum atomic E-state index is -0.868. The van der Waals surface area contributed by atoms with Crippen LogP contribution >= 0.6 is 0 Å². The Balaban J connectivity index is 2.04. The number of amides is 3. The smallest absolute Gasteiger partial charge is 0.321 e. The van der Waals surface area contributed by atoms with E-state index in [-0.39, 0.29) is 24.8 Å². The molecule has 0 saturated heterocycles. The predicted octanol–water partition coefficient (Wildman–Crippen LogP) is 1.26. The van der Waals surface area contributed by atoms with Crippen LogP contribution in [0.1, 0.15) is 45.4 Å². The van der Waals surface area contributed by atoms with Gasteiger partial charge < -0.3 is 10.4 Å². The fourth-order valence-corrected chi connectivity index (χ4v) is 1.99. The van der Waals surface area contributed by atoms with Crippen molar-refractivity contribution in [2.75, 3.05) is 0 Å². The summed E-state index contributed by atoms with van der Waals surface area (Å²) in [5, 5.41) is 13.4. The molecular weight excluding hydrogens is 236 g/mol. The Morgan fingerprint density at radius 3 is 2.33 bits per heavy atom. The second-order valence-corrected chi connectivity index (χ2v) is 4.90. The molecule has 6 heteroatoms. The van der Waals surface area contributed by atoms with Crippen molar-refractivity contribution in [1.29, 1.82) is 0 Å². The lowest BCUT2D eigenvalue weighted by Gasteiger charge is -2.33. The van der Waals surface area contributed by atoms with Gasteiger partial charge in [-0.25, -0.2) is 4.79 Å². The van der Waals surface area contributed by atoms with Crippen molar-refractivity contribution in [3.05, 3.63) is 0 Å². The van der Waals surface area contributed by atoms with Gasteiger partial charge in [-0.15, -0.1) is 0 Å². The average Bonchev–Trinajstić information content (AvgIpc) is 2.22. The molecule has 0 radical (unpaired) electrons. The van der Waals surface area contributed by atoms with Gasteiger partial charge in [0.25, 0.3) is 0 Å². The molecule has 0 atom stereocenters. The molecule has 3 N–H and O–H groups in total. The van der Waals surface area contributed by atoms with E-state index in [0.717, 1.165) is 12.8 Å². The van der Waals surface area contributed by atoms with E-state index in [1.54, 1.807) is 0 Å². The first-order chi connectivity index (χ1) is 8.47. The lowest BCUT2D eigenvalue weighted by molar-refractivity contribution is -0.137. The van der Waals surface area contributed by atoms with E-state index in [4.69, 9.17) is 5.11 Å². The van der Waals surface area contributed by atoms with E-state index < -0.39 is 12.0 Å². The van der Waals surface area contributed by atoms with Crippen molar-refractivity contribution in [3.8, 4) is 0 Å². The second kappa shape index (κ2) is 6.98. The highest BCUT2D eigenvalue weighted by atomic mass is 16.4. The first kappa shape index (κ1) is 14.5. The van der Waals surface area contributed by atoms with Crippen LogP contribution in [0.4, 0.5) is 4.79 Å². The number of rotatable bonds is 6. The van der Waals surface area contributed by atoms with Gasteiger partial charge in [0.15, 0.2) is 0 Å². The zero-order valence-corrected chi connectivity index (χ0v) is 10.6. The van der Waals surface area contributed by atoms with E-state index in [2.05, 4.69) is 17.6 Å². The van der Waals surface area contributed by atoms with Crippen LogP contribution < -0.4 is 10.6 Å². The van der Waals surface area contributed by atoms with Gasteiger partial charge in [0, 0.05) is 18.9 Å². The fraction of sp³-hybridized carbons (Fsp3) is 0.750. The zero-order chi connectivity index (χ0) is 13.5. The Kier molecular flexibility index (Phi) is 5.61. The number of hydrogen-bond acceptors (Lipinski definition) is 3. The van der Waals surface area contributed by atoms with Crippen LogP contribution in [-0.4, -0.2) is 29.1 Å². The van der Waals surface area contributed by atoms with E-state index in [1.165, 1.54) is 0 Å². The number of carbonyl (C=O) groups is 3. The van der Waals surface area contributed by atoms with Crippen molar-refractivity contribution in [3.63, 3.8) is 0 Å². The Labute approximate surface area is 106 Å². The summed E-state index contributed by atoms with van der Waals surface area (Å²) in [7, 11) is 0. The monoisotopic (exact) mass is 256 g/mol. The summed E-state index contributed by atoms with van der Waals surface area (Å²) >= 11 is 0. The summed E-state index contributed by atoms with van der Waals surface area (Å²) in [5.74, 6) is -0.584. The van der Waals surface area contributed by atoms with Gasteiger partial charge in [-0.1, -0.05) is 6.92 Å². The molecule has 0 aliphatic heterocycles. The van der Waals surface area contributed by atoms with Gasteiger partial charge in [0.05, 0.1) is 0 Å². The first-order valence-corrected chi connectivity index (χ1v) is 6.29. The van der Waals surface area contributed by atoms with Crippen LogP contribution in [0.15, 0.2) is 0 Å². The molecule has 18 heavy (non-hydrogen) atoms. The molecule has 1 saturated carbocycles. The molecule has 1 rings (SSSR count). The van der Waals surface area contributed by atoms with E-state index in [1.807, 2.05) is 0 Å². The molecule has 1 aliphatic rings. The van der Waals surface area contributed by atoms with Crippen LogP contribution in [0.2, 0.25) is 0 Å². The number of unbranched alkanes of at least 4 members (excludes halogenated alkanes) is 1. The van der Waals surface area contributed by atoms with Crippen molar-refractivity contribution in [1.82, 2.24) is 10.6 Å². The Morgan fingerprint density at radius 2 is 1.78 bits per heavy atom. The molecule has 3 amide bonds. The summed E-state index contributed by atoms with van der Waals surface area (Å²) in [6.45, 7) is 2.11. The third-order valence-corrected chi connectivity index (χ3v) is 3.01. The molecule has 1 aliphatic carbocycles. The van der Waals surface area contributed by atoms with Crippen molar-refractivity contribution in [2.24, 2.45) is 5.92 Å². The van der Waals surface area contributed by atoms with Gasteiger partial charge in [-0.2, -0.15) is 0 Å². The molecule has 102 valence electrons. The molecule has 0 aromatic rings. The van der Waals surface area contributed by atoms with Crippen LogP contribution in [0.25, 0.3) is 0 Å². The van der Waals surface area contributed by atoms with Crippen molar-refractivity contribution < 1.29 is 19.5 Å². The Morgan fingerprint density at radius 1 is 1.17 bits per heavy atom. The van der Waals surface area contributed by atoms with Crippen LogP contribution in [-0.2, 0) is 9.59 Å². The van der Waals surface area contributed by atoms with Gasteiger partial charge in [-0.05, 0) is 31.6 Å². The van der Waals surface area contributed by atoms with Gasteiger partial charge in [0.1, 0.15) is 0 Å². The normalized spacial score (nSPS) is 21.8. The molecule has 6 nitrogen and oxygen atoms in total. The minimum absolute atomic E-state index is 0.0550. The third kappa shape index (κ3) is 5.65. The summed E-state index contributed by atoms with van der Waals surface area (Å²) in [5.41, 5.74) is 0. The summed E-state index contributed by atoms with van der Waals surface area (Å²) in [4.78, 5) is 32.9. The number of nitrogens with one attached hydrogen (secondary N) is 2. The third-order valence-electron chi connectivity index (χ3n) is 3.01. The molecule has 0 spiro atoms. The highest BCUT2D eigenvalue weighted by Crippen LogP contribution is 2.25. The second-order valence-electron chi connectivity index (χ2n) is 4.90. The van der Waals surface area contributed by atoms with Crippen LogP contribution in [0.3, 0.4) is 0 Å². The zero-order valence-electron chi connectivity index (χ0n) is 10.6. The Hall–Kier alpha value is -1.59. The highest BCUT2D eigenvalue weighted by molar-refractivity contribution is 5.94. The number of carboxylic acid groups (broad SMARTS) is 1. The number of hydrogen-bond donors (Lipinski definition) is 3. The van der Waals surface area contributed by atoms with Crippen LogP contribution in [0.5, 0.6) is 0 Å². The molecule has 0 unspecified atom stereocenters. The molecule has 0 aromatic heterocycles. The Bertz CT molecular complexity index is 324. The average molecular weight is 256 g/mol. The minimum Gasteiger partial charge on any atom is -0.481 e. The van der Waals surface area contributed by atoms with Gasteiger partial charge >= 0.3 is 12.0 Å². The number of carbonyl (C=O) groups excluding carboxylic acids is 2. The van der Waals surface area contributed by atoms with Crippen molar-refractivity contribution in [2.45, 2.75) is 51.5 Å². The van der Waals surface area contributed by atoms with E-state index >= 15 is 0 Å². The SMILES string of the molecule is CC1CC(NC(=O)NC(=O)CCCCC(=O)O)C1. The topological polar surface area (TPSA) is 95.5 Å². The number of carboxylic acids is 1. The maximum atomic E-state index is 11.4. The highest BCUT2D eigenvalue weighted by Gasteiger charge is 2.26. The van der Waals surface area contributed by atoms with Crippen molar-refractivity contribution >= 4 is 17.9 Å².